The van der Waals surface area contributed by atoms with Crippen molar-refractivity contribution >= 4 is 17.4 Å². The summed E-state index contributed by atoms with van der Waals surface area (Å²) in [7, 11) is 3.12. The van der Waals surface area contributed by atoms with Crippen LogP contribution in [0.2, 0.25) is 0 Å². The second-order valence-corrected chi connectivity index (χ2v) is 4.50. The number of aryl methyl sites for hydroxylation is 1. The van der Waals surface area contributed by atoms with E-state index in [1.807, 2.05) is 31.2 Å². The fourth-order valence-corrected chi connectivity index (χ4v) is 1.88. The monoisotopic (exact) mass is 286 g/mol. The number of anilines is 2. The van der Waals surface area contributed by atoms with Gasteiger partial charge in [0, 0.05) is 29.6 Å². The van der Waals surface area contributed by atoms with Gasteiger partial charge < -0.3 is 20.1 Å². The molecule has 0 aliphatic rings. The van der Waals surface area contributed by atoms with Crippen molar-refractivity contribution in [2.45, 2.75) is 6.92 Å². The molecule has 21 heavy (non-hydrogen) atoms. The van der Waals surface area contributed by atoms with E-state index in [4.69, 9.17) is 9.47 Å². The van der Waals surface area contributed by atoms with Crippen LogP contribution < -0.4 is 20.1 Å². The summed E-state index contributed by atoms with van der Waals surface area (Å²) in [6.45, 7) is 1.93. The third kappa shape index (κ3) is 3.89. The van der Waals surface area contributed by atoms with Gasteiger partial charge in [-0.3, -0.25) is 0 Å². The van der Waals surface area contributed by atoms with Crippen molar-refractivity contribution in [1.29, 1.82) is 0 Å². The van der Waals surface area contributed by atoms with E-state index >= 15 is 0 Å². The first-order chi connectivity index (χ1) is 10.1. The van der Waals surface area contributed by atoms with Gasteiger partial charge in [-0.25, -0.2) is 4.79 Å². The van der Waals surface area contributed by atoms with Crippen LogP contribution in [0.15, 0.2) is 42.5 Å². The molecule has 0 atom stereocenters. The number of para-hydroxylation sites is 1. The lowest BCUT2D eigenvalue weighted by atomic mass is 10.2. The van der Waals surface area contributed by atoms with Crippen molar-refractivity contribution in [2.75, 3.05) is 24.9 Å². The second kappa shape index (κ2) is 6.65. The van der Waals surface area contributed by atoms with Crippen LogP contribution in [0.3, 0.4) is 0 Å². The zero-order valence-corrected chi connectivity index (χ0v) is 12.3. The summed E-state index contributed by atoms with van der Waals surface area (Å²) < 4.78 is 10.3. The van der Waals surface area contributed by atoms with Crippen LogP contribution in [0.1, 0.15) is 5.56 Å². The highest BCUT2D eigenvalue weighted by Gasteiger charge is 2.07. The van der Waals surface area contributed by atoms with Gasteiger partial charge in [0.25, 0.3) is 0 Å². The first kappa shape index (κ1) is 14.7. The molecular formula is C16H18N2O3. The quantitative estimate of drug-likeness (QED) is 0.901. The Balaban J connectivity index is 2.11. The molecule has 0 heterocycles. The Morgan fingerprint density at radius 1 is 0.952 bits per heavy atom. The van der Waals surface area contributed by atoms with E-state index in [2.05, 4.69) is 10.6 Å². The molecule has 0 radical (unpaired) electrons. The summed E-state index contributed by atoms with van der Waals surface area (Å²) in [5.41, 5.74) is 2.36. The van der Waals surface area contributed by atoms with Crippen LogP contribution in [-0.4, -0.2) is 20.3 Å². The van der Waals surface area contributed by atoms with E-state index in [1.54, 1.807) is 32.4 Å². The predicted octanol–water partition coefficient (Wildman–Crippen LogP) is 3.66. The lowest BCUT2D eigenvalue weighted by Crippen LogP contribution is -2.20. The zero-order chi connectivity index (χ0) is 15.2. The number of hydrogen-bond donors (Lipinski definition) is 2. The fourth-order valence-electron chi connectivity index (χ4n) is 1.88. The topological polar surface area (TPSA) is 59.6 Å². The summed E-state index contributed by atoms with van der Waals surface area (Å²) in [6, 6.07) is 12.4. The SMILES string of the molecule is COc1cc(NC(=O)Nc2ccccc2C)cc(OC)c1. The Hall–Kier alpha value is -2.69. The smallest absolute Gasteiger partial charge is 0.323 e. The van der Waals surface area contributed by atoms with Crippen LogP contribution in [-0.2, 0) is 0 Å². The van der Waals surface area contributed by atoms with Crippen LogP contribution >= 0.6 is 0 Å². The van der Waals surface area contributed by atoms with Gasteiger partial charge in [0.1, 0.15) is 11.5 Å². The number of hydrogen-bond acceptors (Lipinski definition) is 3. The fraction of sp³-hybridized carbons (Fsp3) is 0.188. The van der Waals surface area contributed by atoms with Crippen molar-refractivity contribution in [2.24, 2.45) is 0 Å². The van der Waals surface area contributed by atoms with Crippen molar-refractivity contribution < 1.29 is 14.3 Å². The van der Waals surface area contributed by atoms with E-state index < -0.39 is 0 Å². The summed E-state index contributed by atoms with van der Waals surface area (Å²) >= 11 is 0. The van der Waals surface area contributed by atoms with Crippen molar-refractivity contribution in [3.63, 3.8) is 0 Å². The highest BCUT2D eigenvalue weighted by molar-refractivity contribution is 6.00. The van der Waals surface area contributed by atoms with Crippen LogP contribution in [0.5, 0.6) is 11.5 Å². The number of rotatable bonds is 4. The molecule has 2 amide bonds. The molecule has 110 valence electrons. The maximum atomic E-state index is 12.0. The van der Waals surface area contributed by atoms with Gasteiger partial charge in [0.15, 0.2) is 0 Å². The Morgan fingerprint density at radius 3 is 2.14 bits per heavy atom. The summed E-state index contributed by atoms with van der Waals surface area (Å²) in [4.78, 5) is 12.0. The van der Waals surface area contributed by atoms with E-state index in [0.717, 1.165) is 11.3 Å². The van der Waals surface area contributed by atoms with Gasteiger partial charge >= 0.3 is 6.03 Å². The van der Waals surface area contributed by atoms with E-state index in [0.29, 0.717) is 17.2 Å². The van der Waals surface area contributed by atoms with E-state index in [1.165, 1.54) is 0 Å². The summed E-state index contributed by atoms with van der Waals surface area (Å²) in [5.74, 6) is 1.22. The Bertz CT molecular complexity index is 619. The minimum atomic E-state index is -0.320. The number of methoxy groups -OCH3 is 2. The normalized spacial score (nSPS) is 9.86. The summed E-state index contributed by atoms with van der Waals surface area (Å²) in [6.07, 6.45) is 0. The molecule has 0 aromatic heterocycles. The molecule has 0 bridgehead atoms. The van der Waals surface area contributed by atoms with Gasteiger partial charge in [0.05, 0.1) is 14.2 Å². The minimum absolute atomic E-state index is 0.320. The molecule has 0 fully saturated rings. The molecule has 0 spiro atoms. The maximum Gasteiger partial charge on any atom is 0.323 e. The van der Waals surface area contributed by atoms with E-state index in [-0.39, 0.29) is 6.03 Å². The molecule has 2 N–H and O–H groups in total. The highest BCUT2D eigenvalue weighted by Crippen LogP contribution is 2.26. The molecule has 0 unspecified atom stereocenters. The minimum Gasteiger partial charge on any atom is -0.497 e. The largest absolute Gasteiger partial charge is 0.497 e. The van der Waals surface area contributed by atoms with Gasteiger partial charge in [0.2, 0.25) is 0 Å². The third-order valence-electron chi connectivity index (χ3n) is 3.00. The van der Waals surface area contributed by atoms with Crippen molar-refractivity contribution in [1.82, 2.24) is 0 Å². The molecule has 5 nitrogen and oxygen atoms in total. The standard InChI is InChI=1S/C16H18N2O3/c1-11-6-4-5-7-15(11)18-16(19)17-12-8-13(20-2)10-14(9-12)21-3/h4-10H,1-3H3,(H2,17,18,19). The average molecular weight is 286 g/mol. The number of carbonyl (C=O) groups excluding carboxylic acids is 1. The number of nitrogens with one attached hydrogen (secondary N) is 2. The van der Waals surface area contributed by atoms with E-state index in [9.17, 15) is 4.79 Å². The molecular weight excluding hydrogens is 268 g/mol. The van der Waals surface area contributed by atoms with Crippen LogP contribution in [0.25, 0.3) is 0 Å². The first-order valence-electron chi connectivity index (χ1n) is 6.49. The molecule has 2 rings (SSSR count). The van der Waals surface area contributed by atoms with Crippen LogP contribution in [0, 0.1) is 6.92 Å². The van der Waals surface area contributed by atoms with Gasteiger partial charge in [-0.05, 0) is 18.6 Å². The molecule has 0 saturated heterocycles. The lowest BCUT2D eigenvalue weighted by molar-refractivity contribution is 0.262. The average Bonchev–Trinajstić information content (AvgIpc) is 2.49. The summed E-state index contributed by atoms with van der Waals surface area (Å²) in [5, 5.41) is 5.56. The second-order valence-electron chi connectivity index (χ2n) is 4.50. The maximum absolute atomic E-state index is 12.0. The van der Waals surface area contributed by atoms with Crippen molar-refractivity contribution in [3.05, 3.63) is 48.0 Å². The van der Waals surface area contributed by atoms with Gasteiger partial charge in [-0.1, -0.05) is 18.2 Å². The Labute approximate surface area is 123 Å². The predicted molar refractivity (Wildman–Crippen MR) is 83.4 cm³/mol. The number of carbonyl (C=O) groups is 1. The molecule has 0 saturated carbocycles. The van der Waals surface area contributed by atoms with Crippen LogP contribution in [0.4, 0.5) is 16.2 Å². The molecule has 5 heteroatoms. The molecule has 0 aliphatic heterocycles. The molecule has 2 aromatic carbocycles. The zero-order valence-electron chi connectivity index (χ0n) is 12.3. The number of urea groups is 1. The molecule has 0 aliphatic carbocycles. The molecule has 2 aromatic rings. The van der Waals surface area contributed by atoms with Gasteiger partial charge in [-0.2, -0.15) is 0 Å². The first-order valence-corrected chi connectivity index (χ1v) is 6.49. The third-order valence-corrected chi connectivity index (χ3v) is 3.00. The number of ether oxygens (including phenoxy) is 2. The Kier molecular flexibility index (Phi) is 4.66. The number of benzene rings is 2. The van der Waals surface area contributed by atoms with Crippen molar-refractivity contribution in [3.8, 4) is 11.5 Å². The Morgan fingerprint density at radius 2 is 1.57 bits per heavy atom. The number of amides is 2. The lowest BCUT2D eigenvalue weighted by Gasteiger charge is -2.12. The highest BCUT2D eigenvalue weighted by atomic mass is 16.5. The van der Waals surface area contributed by atoms with Gasteiger partial charge in [-0.15, -0.1) is 0 Å².